The van der Waals surface area contributed by atoms with Crippen molar-refractivity contribution in [2.45, 2.75) is 27.5 Å². The zero-order chi connectivity index (χ0) is 10.4. The van der Waals surface area contributed by atoms with Crippen LogP contribution < -0.4 is 0 Å². The lowest BCUT2D eigenvalue weighted by Crippen LogP contribution is -2.33. The van der Waals surface area contributed by atoms with Gasteiger partial charge in [-0.25, -0.2) is 0 Å². The molecule has 0 aromatic rings. The molecule has 0 rings (SSSR count). The van der Waals surface area contributed by atoms with Gasteiger partial charge in [-0.1, -0.05) is 66.9 Å². The minimum atomic E-state index is -0.530. The lowest BCUT2D eigenvalue weighted by molar-refractivity contribution is 0.183. The van der Waals surface area contributed by atoms with Crippen molar-refractivity contribution in [3.8, 4) is 0 Å². The number of hydrogen-bond donors (Lipinski definition) is 2. The number of aliphatic hydroxyl groups is 2. The summed E-state index contributed by atoms with van der Waals surface area (Å²) in [5.41, 5.74) is 0. The molecular weight excluding hydrogens is 368 g/mol. The molecule has 0 aromatic heterocycles. The fraction of sp³-hybridized carbons (Fsp3) is 0.750. The molecule has 0 aliphatic carbocycles. The highest BCUT2D eigenvalue weighted by molar-refractivity contribution is 9.12. The van der Waals surface area contributed by atoms with Gasteiger partial charge in [0.05, 0.1) is 22.4 Å². The molecule has 0 aliphatic rings. The van der Waals surface area contributed by atoms with Gasteiger partial charge in [0.15, 0.2) is 0 Å². The van der Waals surface area contributed by atoms with Crippen LogP contribution in [0.3, 0.4) is 0 Å². The maximum atomic E-state index is 9.73. The molecule has 2 N–H and O–H groups in total. The van der Waals surface area contributed by atoms with Crippen molar-refractivity contribution in [3.63, 3.8) is 0 Å². The van der Waals surface area contributed by atoms with E-state index in [1.54, 1.807) is 12.2 Å². The van der Waals surface area contributed by atoms with E-state index in [9.17, 15) is 5.11 Å². The Bertz CT molecular complexity index is 161. The predicted molar refractivity (Wildman–Crippen MR) is 66.1 cm³/mol. The van der Waals surface area contributed by atoms with Crippen LogP contribution in [-0.4, -0.2) is 37.4 Å². The van der Waals surface area contributed by atoms with E-state index >= 15 is 0 Å². The van der Waals surface area contributed by atoms with Gasteiger partial charge in [-0.15, -0.1) is 0 Å². The summed E-state index contributed by atoms with van der Waals surface area (Å²) in [7, 11) is 0. The van der Waals surface area contributed by atoms with E-state index in [0.29, 0.717) is 0 Å². The molecule has 0 unspecified atom stereocenters. The van der Waals surface area contributed by atoms with Crippen LogP contribution in [-0.2, 0) is 0 Å². The molecule has 4 atom stereocenters. The second kappa shape index (κ2) is 7.40. The molecule has 0 spiro atoms. The fourth-order valence-electron chi connectivity index (χ4n) is 0.752. The fourth-order valence-corrected chi connectivity index (χ4v) is 2.35. The highest BCUT2D eigenvalue weighted by atomic mass is 79.9. The van der Waals surface area contributed by atoms with E-state index in [-0.39, 0.29) is 21.1 Å². The molecule has 2 nitrogen and oxygen atoms in total. The number of aliphatic hydroxyl groups excluding tert-OH is 2. The zero-order valence-electron chi connectivity index (χ0n) is 7.20. The molecule has 0 amide bonds. The highest BCUT2D eigenvalue weighted by Gasteiger charge is 2.25. The van der Waals surface area contributed by atoms with Crippen molar-refractivity contribution in [1.29, 1.82) is 0 Å². The highest BCUT2D eigenvalue weighted by Crippen LogP contribution is 2.23. The number of halogens is 3. The van der Waals surface area contributed by atoms with Crippen molar-refractivity contribution < 1.29 is 10.2 Å². The van der Waals surface area contributed by atoms with Gasteiger partial charge in [0.2, 0.25) is 0 Å². The Morgan fingerprint density at radius 2 is 1.85 bits per heavy atom. The third-order valence-corrected chi connectivity index (χ3v) is 4.98. The average Bonchev–Trinajstić information content (AvgIpc) is 2.11. The van der Waals surface area contributed by atoms with Gasteiger partial charge in [0, 0.05) is 4.83 Å². The molecule has 5 heteroatoms. The second-order valence-corrected chi connectivity index (χ2v) is 6.23. The quantitative estimate of drug-likeness (QED) is 0.567. The van der Waals surface area contributed by atoms with Crippen LogP contribution in [0.25, 0.3) is 0 Å². The molecule has 0 aliphatic heterocycles. The summed E-state index contributed by atoms with van der Waals surface area (Å²) in [6, 6.07) is 0. The summed E-state index contributed by atoms with van der Waals surface area (Å²) >= 11 is 10.1. The second-order valence-electron chi connectivity index (χ2n) is 2.67. The Hall–Kier alpha value is 1.10. The van der Waals surface area contributed by atoms with Gasteiger partial charge in [0.1, 0.15) is 0 Å². The molecule has 0 saturated carbocycles. The monoisotopic (exact) mass is 378 g/mol. The first-order chi connectivity index (χ1) is 6.00. The summed E-state index contributed by atoms with van der Waals surface area (Å²) in [5, 5.41) is 18.3. The van der Waals surface area contributed by atoms with Crippen LogP contribution in [0.2, 0.25) is 0 Å². The van der Waals surface area contributed by atoms with Crippen molar-refractivity contribution in [2.24, 2.45) is 0 Å². The number of alkyl halides is 3. The topological polar surface area (TPSA) is 40.5 Å². The van der Waals surface area contributed by atoms with Gasteiger partial charge in [-0.2, -0.15) is 0 Å². The van der Waals surface area contributed by atoms with Gasteiger partial charge >= 0.3 is 0 Å². The van der Waals surface area contributed by atoms with Crippen LogP contribution in [0.5, 0.6) is 0 Å². The summed E-state index contributed by atoms with van der Waals surface area (Å²) in [6.07, 6.45) is 2.80. The van der Waals surface area contributed by atoms with Gasteiger partial charge in [-0.05, 0) is 0 Å². The molecule has 0 radical (unpaired) electrons. The minimum absolute atomic E-state index is 0.00830. The van der Waals surface area contributed by atoms with Crippen molar-refractivity contribution >= 4 is 47.8 Å². The molecule has 0 saturated heterocycles. The summed E-state index contributed by atoms with van der Waals surface area (Å²) in [6.45, 7) is 1.95. The minimum Gasteiger partial charge on any atom is -0.392 e. The normalized spacial score (nSPS) is 21.4. The van der Waals surface area contributed by atoms with Gasteiger partial charge in [-0.3, -0.25) is 0 Å². The molecular formula is C8H13Br3O2. The van der Waals surface area contributed by atoms with E-state index < -0.39 is 6.10 Å². The maximum Gasteiger partial charge on any atom is 0.0835 e. The van der Waals surface area contributed by atoms with Crippen LogP contribution in [0.4, 0.5) is 0 Å². The molecule has 0 fully saturated rings. The molecule has 0 aromatic carbocycles. The van der Waals surface area contributed by atoms with Crippen LogP contribution in [0, 0.1) is 0 Å². The van der Waals surface area contributed by atoms with E-state index in [0.717, 1.165) is 0 Å². The first kappa shape index (κ1) is 14.1. The third kappa shape index (κ3) is 5.52. The Balaban J connectivity index is 4.08. The van der Waals surface area contributed by atoms with Gasteiger partial charge in [0.25, 0.3) is 0 Å². The molecule has 0 bridgehead atoms. The lowest BCUT2D eigenvalue weighted by atomic mass is 10.1. The molecule has 13 heavy (non-hydrogen) atoms. The van der Waals surface area contributed by atoms with Crippen LogP contribution in [0.15, 0.2) is 12.2 Å². The smallest absolute Gasteiger partial charge is 0.0835 e. The lowest BCUT2D eigenvalue weighted by Gasteiger charge is -2.22. The third-order valence-electron chi connectivity index (χ3n) is 1.52. The number of hydrogen-bond acceptors (Lipinski definition) is 2. The SMILES string of the molecule is C[C@H](Br)[C@H](Br)[C@H](O)[C@@H](Br)/C=C\CO. The Kier molecular flexibility index (Phi) is 8.03. The zero-order valence-corrected chi connectivity index (χ0v) is 12.0. The van der Waals surface area contributed by atoms with Crippen molar-refractivity contribution in [2.75, 3.05) is 6.61 Å². The van der Waals surface area contributed by atoms with E-state index in [4.69, 9.17) is 5.11 Å². The van der Waals surface area contributed by atoms with E-state index in [1.165, 1.54) is 0 Å². The summed E-state index contributed by atoms with van der Waals surface area (Å²) in [5.74, 6) is 0. The van der Waals surface area contributed by atoms with Crippen molar-refractivity contribution in [3.05, 3.63) is 12.2 Å². The Morgan fingerprint density at radius 1 is 1.31 bits per heavy atom. The Labute approximate surface area is 104 Å². The standard InChI is InChI=1S/C8H13Br3O2/c1-5(9)7(11)8(13)6(10)3-2-4-12/h2-3,5-8,12-13H,4H2,1H3/b3-2-/t5-,6-,7-,8+/m0/s1. The average molecular weight is 381 g/mol. The largest absolute Gasteiger partial charge is 0.392 e. The summed E-state index contributed by atoms with van der Waals surface area (Å²) < 4.78 is 0. The molecule has 0 heterocycles. The Morgan fingerprint density at radius 3 is 2.23 bits per heavy atom. The molecule has 78 valence electrons. The van der Waals surface area contributed by atoms with Crippen molar-refractivity contribution in [1.82, 2.24) is 0 Å². The maximum absolute atomic E-state index is 9.73. The van der Waals surface area contributed by atoms with E-state index in [2.05, 4.69) is 47.8 Å². The van der Waals surface area contributed by atoms with Crippen LogP contribution in [0.1, 0.15) is 6.92 Å². The predicted octanol–water partition coefficient (Wildman–Crippen LogP) is 2.21. The van der Waals surface area contributed by atoms with Crippen LogP contribution >= 0.6 is 47.8 Å². The van der Waals surface area contributed by atoms with Gasteiger partial charge < -0.3 is 10.2 Å². The first-order valence-corrected chi connectivity index (χ1v) is 6.63. The first-order valence-electron chi connectivity index (χ1n) is 3.88. The summed E-state index contributed by atoms with van der Waals surface area (Å²) in [4.78, 5) is 0.00863. The van der Waals surface area contributed by atoms with E-state index in [1.807, 2.05) is 6.92 Å². The number of rotatable bonds is 5.